The first-order valence-corrected chi connectivity index (χ1v) is 6.86. The van der Waals surface area contributed by atoms with Gasteiger partial charge in [0, 0.05) is 18.5 Å². The van der Waals surface area contributed by atoms with Crippen LogP contribution in [0.1, 0.15) is 23.9 Å². The van der Waals surface area contributed by atoms with Crippen molar-refractivity contribution >= 4 is 11.6 Å². The maximum atomic E-state index is 5.49. The van der Waals surface area contributed by atoms with E-state index in [1.165, 1.54) is 5.56 Å². The van der Waals surface area contributed by atoms with Crippen LogP contribution in [-0.4, -0.2) is 16.5 Å². The number of nitrogen functional groups attached to an aromatic ring is 1. The Morgan fingerprint density at radius 2 is 1.80 bits per heavy atom. The number of nitrogens with two attached hydrogens (primary N) is 1. The number of anilines is 2. The van der Waals surface area contributed by atoms with Crippen LogP contribution in [0.15, 0.2) is 30.3 Å². The molecular formula is C15H21N5. The molecule has 1 aromatic heterocycles. The number of benzene rings is 1. The van der Waals surface area contributed by atoms with Gasteiger partial charge in [-0.25, -0.2) is 15.8 Å². The Balaban J connectivity index is 2.05. The highest BCUT2D eigenvalue weighted by Gasteiger charge is 2.08. The van der Waals surface area contributed by atoms with Crippen LogP contribution in [0, 0.1) is 6.92 Å². The topological polar surface area (TPSA) is 75.9 Å². The molecule has 2 aromatic rings. The maximum Gasteiger partial charge on any atom is 0.148 e. The molecule has 0 saturated carbocycles. The molecule has 0 atom stereocenters. The van der Waals surface area contributed by atoms with Crippen molar-refractivity contribution in [2.24, 2.45) is 5.84 Å². The molecule has 0 spiro atoms. The number of hydrogen-bond acceptors (Lipinski definition) is 5. The van der Waals surface area contributed by atoms with E-state index in [1.807, 2.05) is 19.9 Å². The van der Waals surface area contributed by atoms with Crippen molar-refractivity contribution in [1.82, 2.24) is 9.97 Å². The molecule has 20 heavy (non-hydrogen) atoms. The van der Waals surface area contributed by atoms with Gasteiger partial charge in [0.1, 0.15) is 17.5 Å². The fourth-order valence-electron chi connectivity index (χ4n) is 2.00. The minimum atomic E-state index is 0.680. The highest BCUT2D eigenvalue weighted by atomic mass is 15.3. The fraction of sp³-hybridized carbons (Fsp3) is 0.333. The van der Waals surface area contributed by atoms with Crippen molar-refractivity contribution in [3.05, 3.63) is 47.3 Å². The van der Waals surface area contributed by atoms with Gasteiger partial charge in [-0.2, -0.15) is 0 Å². The van der Waals surface area contributed by atoms with E-state index in [0.717, 1.165) is 36.6 Å². The van der Waals surface area contributed by atoms with Gasteiger partial charge in [0.15, 0.2) is 0 Å². The molecule has 0 bridgehead atoms. The molecule has 1 heterocycles. The molecule has 0 aliphatic heterocycles. The zero-order chi connectivity index (χ0) is 14.4. The van der Waals surface area contributed by atoms with E-state index >= 15 is 0 Å². The lowest BCUT2D eigenvalue weighted by Gasteiger charge is -2.13. The van der Waals surface area contributed by atoms with E-state index in [2.05, 4.69) is 45.0 Å². The van der Waals surface area contributed by atoms with Gasteiger partial charge in [-0.05, 0) is 18.9 Å². The Bertz CT molecular complexity index is 554. The molecule has 5 heteroatoms. The number of nitrogens with zero attached hydrogens (tertiary/aromatic N) is 2. The lowest BCUT2D eigenvalue weighted by atomic mass is 10.1. The summed E-state index contributed by atoms with van der Waals surface area (Å²) in [6.07, 6.45) is 1.74. The number of aromatic nitrogens is 2. The van der Waals surface area contributed by atoms with Crippen molar-refractivity contribution in [3.63, 3.8) is 0 Å². The molecule has 0 saturated heterocycles. The first-order valence-electron chi connectivity index (χ1n) is 6.86. The molecule has 0 radical (unpaired) electrons. The van der Waals surface area contributed by atoms with E-state index in [0.29, 0.717) is 5.82 Å². The van der Waals surface area contributed by atoms with E-state index in [-0.39, 0.29) is 0 Å². The Kier molecular flexibility index (Phi) is 4.90. The van der Waals surface area contributed by atoms with E-state index in [4.69, 9.17) is 5.84 Å². The van der Waals surface area contributed by atoms with Crippen LogP contribution in [-0.2, 0) is 12.8 Å². The molecule has 0 unspecified atom stereocenters. The van der Waals surface area contributed by atoms with E-state index in [1.54, 1.807) is 0 Å². The van der Waals surface area contributed by atoms with Gasteiger partial charge in [0.25, 0.3) is 0 Å². The second-order valence-electron chi connectivity index (χ2n) is 4.62. The molecule has 5 nitrogen and oxygen atoms in total. The average Bonchev–Trinajstić information content (AvgIpc) is 2.50. The summed E-state index contributed by atoms with van der Waals surface area (Å²) in [5, 5.41) is 3.36. The van der Waals surface area contributed by atoms with Crippen molar-refractivity contribution < 1.29 is 0 Å². The summed E-state index contributed by atoms with van der Waals surface area (Å²) in [6.45, 7) is 4.81. The summed E-state index contributed by atoms with van der Waals surface area (Å²) in [7, 11) is 0. The summed E-state index contributed by atoms with van der Waals surface area (Å²) < 4.78 is 0. The third-order valence-corrected chi connectivity index (χ3v) is 3.19. The van der Waals surface area contributed by atoms with Crippen molar-refractivity contribution in [2.75, 3.05) is 17.3 Å². The predicted octanol–water partition coefficient (Wildman–Crippen LogP) is 2.29. The van der Waals surface area contributed by atoms with Crippen LogP contribution in [0.25, 0.3) is 0 Å². The number of hydrogen-bond donors (Lipinski definition) is 3. The number of rotatable bonds is 6. The molecule has 0 amide bonds. The molecule has 4 N–H and O–H groups in total. The minimum absolute atomic E-state index is 0.680. The first kappa shape index (κ1) is 14.3. The van der Waals surface area contributed by atoms with E-state index in [9.17, 15) is 0 Å². The van der Waals surface area contributed by atoms with Crippen LogP contribution in [0.3, 0.4) is 0 Å². The monoisotopic (exact) mass is 271 g/mol. The Labute approximate surface area is 119 Å². The highest BCUT2D eigenvalue weighted by molar-refractivity contribution is 5.56. The van der Waals surface area contributed by atoms with Crippen LogP contribution < -0.4 is 16.6 Å². The van der Waals surface area contributed by atoms with Gasteiger partial charge in [-0.1, -0.05) is 37.3 Å². The third-order valence-electron chi connectivity index (χ3n) is 3.19. The Morgan fingerprint density at radius 3 is 2.45 bits per heavy atom. The van der Waals surface area contributed by atoms with E-state index < -0.39 is 0 Å². The van der Waals surface area contributed by atoms with Crippen LogP contribution in [0.2, 0.25) is 0 Å². The summed E-state index contributed by atoms with van der Waals surface area (Å²) in [4.78, 5) is 8.86. The lowest BCUT2D eigenvalue weighted by Crippen LogP contribution is -2.15. The standard InChI is InChI=1S/C15H21N5/c1-3-13-18-14(11(2)15(19-13)20-16)17-10-9-12-7-5-4-6-8-12/h4-8H,3,9-10,16H2,1-2H3,(H2,17,18,19,20). The van der Waals surface area contributed by atoms with Crippen LogP contribution in [0.5, 0.6) is 0 Å². The summed E-state index contributed by atoms with van der Waals surface area (Å²) >= 11 is 0. The molecule has 0 fully saturated rings. The second kappa shape index (κ2) is 6.86. The van der Waals surface area contributed by atoms with Gasteiger partial charge in [0.05, 0.1) is 0 Å². The number of nitrogens with one attached hydrogen (secondary N) is 2. The smallest absolute Gasteiger partial charge is 0.148 e. The Morgan fingerprint density at radius 1 is 1.10 bits per heavy atom. The van der Waals surface area contributed by atoms with Crippen LogP contribution in [0.4, 0.5) is 11.6 Å². The van der Waals surface area contributed by atoms with Gasteiger partial charge in [-0.3, -0.25) is 0 Å². The minimum Gasteiger partial charge on any atom is -0.369 e. The Hall–Kier alpha value is -2.14. The van der Waals surface area contributed by atoms with Crippen molar-refractivity contribution in [3.8, 4) is 0 Å². The number of hydrazine groups is 1. The highest BCUT2D eigenvalue weighted by Crippen LogP contribution is 2.19. The molecular weight excluding hydrogens is 250 g/mol. The second-order valence-corrected chi connectivity index (χ2v) is 4.62. The SMILES string of the molecule is CCc1nc(NN)c(C)c(NCCc2ccccc2)n1. The lowest BCUT2D eigenvalue weighted by molar-refractivity contribution is 0.914. The van der Waals surface area contributed by atoms with Gasteiger partial charge >= 0.3 is 0 Å². The molecule has 0 aliphatic rings. The van der Waals surface area contributed by atoms with Crippen molar-refractivity contribution in [2.45, 2.75) is 26.7 Å². The fourth-order valence-corrected chi connectivity index (χ4v) is 2.00. The summed E-state index contributed by atoms with van der Waals surface area (Å²) in [5.74, 6) is 7.81. The molecule has 0 aliphatic carbocycles. The quantitative estimate of drug-likeness (QED) is 0.555. The van der Waals surface area contributed by atoms with Crippen molar-refractivity contribution in [1.29, 1.82) is 0 Å². The summed E-state index contributed by atoms with van der Waals surface area (Å²) in [5.41, 5.74) is 4.87. The largest absolute Gasteiger partial charge is 0.369 e. The van der Waals surface area contributed by atoms with Gasteiger partial charge in [0.2, 0.25) is 0 Å². The van der Waals surface area contributed by atoms with Gasteiger partial charge in [-0.15, -0.1) is 0 Å². The average molecular weight is 271 g/mol. The first-order chi connectivity index (χ1) is 9.74. The normalized spacial score (nSPS) is 10.3. The molecule has 2 rings (SSSR count). The zero-order valence-electron chi connectivity index (χ0n) is 12.0. The zero-order valence-corrected chi connectivity index (χ0v) is 12.0. The maximum absolute atomic E-state index is 5.49. The molecule has 1 aromatic carbocycles. The predicted molar refractivity (Wildman–Crippen MR) is 82.6 cm³/mol. The molecule has 106 valence electrons. The number of aryl methyl sites for hydroxylation is 1. The van der Waals surface area contributed by atoms with Crippen LogP contribution >= 0.6 is 0 Å². The summed E-state index contributed by atoms with van der Waals surface area (Å²) in [6, 6.07) is 10.4. The van der Waals surface area contributed by atoms with Gasteiger partial charge < -0.3 is 10.7 Å². The third kappa shape index (κ3) is 3.45.